The van der Waals surface area contributed by atoms with Crippen molar-refractivity contribution in [1.29, 1.82) is 0 Å². The number of hydrogen-bond donors (Lipinski definition) is 2. The second-order valence-electron chi connectivity index (χ2n) is 10.5. The number of likely N-dealkylation sites (N-methyl/N-ethyl adjacent to an activating group) is 1. The summed E-state index contributed by atoms with van der Waals surface area (Å²) in [6.07, 6.45) is -3.03. The number of nitrogens with one attached hydrogen (secondary N) is 1. The monoisotopic (exact) mass is 646 g/mol. The maximum absolute atomic E-state index is 13.7. The van der Waals surface area contributed by atoms with E-state index in [1.54, 1.807) is 6.08 Å². The number of ether oxygens (including phenoxy) is 4. The summed E-state index contributed by atoms with van der Waals surface area (Å²) >= 11 is 0. The number of carbonyl (C=O) groups is 4. The Morgan fingerprint density at radius 2 is 1.80 bits per heavy atom. The van der Waals surface area contributed by atoms with E-state index in [1.807, 2.05) is 30.3 Å². The Labute approximate surface area is 262 Å². The summed E-state index contributed by atoms with van der Waals surface area (Å²) in [7, 11) is 1.50. The molecule has 14 heteroatoms. The lowest BCUT2D eigenvalue weighted by molar-refractivity contribution is -0.182. The first kappa shape index (κ1) is 34.3. The van der Waals surface area contributed by atoms with Gasteiger partial charge in [0.05, 0.1) is 12.2 Å². The molecule has 1 saturated heterocycles. The van der Waals surface area contributed by atoms with Crippen molar-refractivity contribution < 1.29 is 56.4 Å². The lowest BCUT2D eigenvalue weighted by Gasteiger charge is -2.33. The number of benzene rings is 2. The minimum Gasteiger partial charge on any atom is -0.456 e. The van der Waals surface area contributed by atoms with Crippen molar-refractivity contribution in [2.45, 2.75) is 43.4 Å². The molecule has 1 aliphatic heterocycles. The number of nitrogens with zero attached hydrogens (tertiary/aromatic N) is 1. The highest BCUT2D eigenvalue weighted by molar-refractivity contribution is 5.97. The minimum absolute atomic E-state index is 0.0172. The highest BCUT2D eigenvalue weighted by Gasteiger charge is 2.43. The van der Waals surface area contributed by atoms with E-state index < -0.39 is 60.9 Å². The third-order valence-electron chi connectivity index (χ3n) is 7.24. The molecule has 2 aliphatic rings. The zero-order chi connectivity index (χ0) is 33.3. The van der Waals surface area contributed by atoms with Crippen molar-refractivity contribution in [1.82, 2.24) is 10.2 Å². The number of halogens is 3. The molecular weight excluding hydrogens is 613 g/mol. The average molecular weight is 647 g/mol. The SMILES string of the molecule is CN(C(=O)C1=C[C@H]2OCO[C@H]2[C@H](OC(=O)c2ccc(C=CC(=O)OCC(F)(F)F)cc2)C1)[C@H](Cc1ccccc1)C(=O)NCCO. The predicted molar refractivity (Wildman–Crippen MR) is 156 cm³/mol. The van der Waals surface area contributed by atoms with Gasteiger partial charge in [-0.3, -0.25) is 9.59 Å². The van der Waals surface area contributed by atoms with Gasteiger partial charge in [0, 0.05) is 38.1 Å². The molecule has 11 nitrogen and oxygen atoms in total. The molecule has 4 rings (SSSR count). The van der Waals surface area contributed by atoms with Crippen LogP contribution in [-0.4, -0.2) is 97.9 Å². The summed E-state index contributed by atoms with van der Waals surface area (Å²) in [6, 6.07) is 14.0. The van der Waals surface area contributed by atoms with Crippen LogP contribution in [0, 0.1) is 0 Å². The lowest BCUT2D eigenvalue weighted by Crippen LogP contribution is -2.51. The maximum Gasteiger partial charge on any atom is 0.422 e. The normalized spacial score (nSPS) is 19.9. The van der Waals surface area contributed by atoms with Crippen LogP contribution >= 0.6 is 0 Å². The molecule has 0 spiro atoms. The summed E-state index contributed by atoms with van der Waals surface area (Å²) in [5, 5.41) is 11.8. The van der Waals surface area contributed by atoms with Crippen molar-refractivity contribution in [2.75, 3.05) is 33.6 Å². The first-order valence-corrected chi connectivity index (χ1v) is 14.3. The van der Waals surface area contributed by atoms with Crippen molar-refractivity contribution in [3.8, 4) is 0 Å². The minimum atomic E-state index is -4.64. The molecule has 2 aromatic rings. The van der Waals surface area contributed by atoms with E-state index in [-0.39, 0.29) is 43.9 Å². The number of carbonyl (C=O) groups excluding carboxylic acids is 4. The van der Waals surface area contributed by atoms with E-state index in [0.717, 1.165) is 11.6 Å². The van der Waals surface area contributed by atoms with Gasteiger partial charge in [-0.05, 0) is 35.4 Å². The van der Waals surface area contributed by atoms with Crippen LogP contribution in [0.4, 0.5) is 13.2 Å². The number of alkyl halides is 3. The molecule has 0 saturated carbocycles. The number of aliphatic hydroxyl groups is 1. The first-order chi connectivity index (χ1) is 21.9. The Morgan fingerprint density at radius 3 is 2.48 bits per heavy atom. The molecule has 0 bridgehead atoms. The van der Waals surface area contributed by atoms with Crippen LogP contribution in [0.15, 0.2) is 72.3 Å². The smallest absolute Gasteiger partial charge is 0.422 e. The second kappa shape index (κ2) is 15.7. The van der Waals surface area contributed by atoms with Gasteiger partial charge in [-0.1, -0.05) is 42.5 Å². The Kier molecular flexibility index (Phi) is 11.7. The second-order valence-corrected chi connectivity index (χ2v) is 10.5. The molecule has 0 aromatic heterocycles. The highest BCUT2D eigenvalue weighted by atomic mass is 19.4. The van der Waals surface area contributed by atoms with E-state index >= 15 is 0 Å². The van der Waals surface area contributed by atoms with Gasteiger partial charge in [-0.2, -0.15) is 13.2 Å². The molecule has 0 unspecified atom stereocenters. The first-order valence-electron chi connectivity index (χ1n) is 14.3. The van der Waals surface area contributed by atoms with Gasteiger partial charge in [-0.15, -0.1) is 0 Å². The van der Waals surface area contributed by atoms with Gasteiger partial charge in [0.15, 0.2) is 6.61 Å². The van der Waals surface area contributed by atoms with Crippen molar-refractivity contribution in [3.63, 3.8) is 0 Å². The van der Waals surface area contributed by atoms with E-state index in [1.165, 1.54) is 42.3 Å². The molecule has 2 N–H and O–H groups in total. The van der Waals surface area contributed by atoms with Crippen molar-refractivity contribution >= 4 is 29.8 Å². The van der Waals surface area contributed by atoms with Gasteiger partial charge < -0.3 is 34.3 Å². The Morgan fingerprint density at radius 1 is 1.09 bits per heavy atom. The number of aliphatic hydroxyl groups excluding tert-OH is 1. The molecule has 2 aromatic carbocycles. The van der Waals surface area contributed by atoms with Crippen LogP contribution in [0.1, 0.15) is 27.9 Å². The average Bonchev–Trinajstić information content (AvgIpc) is 3.53. The van der Waals surface area contributed by atoms with E-state index in [2.05, 4.69) is 10.1 Å². The topological polar surface area (TPSA) is 141 Å². The largest absolute Gasteiger partial charge is 0.456 e. The fourth-order valence-electron chi connectivity index (χ4n) is 4.92. The summed E-state index contributed by atoms with van der Waals surface area (Å²) in [5.74, 6) is -2.82. The number of fused-ring (bicyclic) bond motifs is 1. The lowest BCUT2D eigenvalue weighted by atomic mass is 9.90. The molecule has 0 radical (unpaired) electrons. The maximum atomic E-state index is 13.7. The van der Waals surface area contributed by atoms with Crippen LogP contribution in [0.2, 0.25) is 0 Å². The summed E-state index contributed by atoms with van der Waals surface area (Å²) in [4.78, 5) is 52.6. The van der Waals surface area contributed by atoms with Crippen LogP contribution in [-0.2, 0) is 39.8 Å². The van der Waals surface area contributed by atoms with Crippen LogP contribution in [0.5, 0.6) is 0 Å². The zero-order valence-electron chi connectivity index (χ0n) is 24.8. The van der Waals surface area contributed by atoms with Gasteiger partial charge in [0.2, 0.25) is 11.8 Å². The van der Waals surface area contributed by atoms with Gasteiger partial charge >= 0.3 is 18.1 Å². The Bertz CT molecular complexity index is 1440. The fourth-order valence-corrected chi connectivity index (χ4v) is 4.92. The molecule has 1 aliphatic carbocycles. The van der Waals surface area contributed by atoms with Gasteiger partial charge in [0.1, 0.15) is 31.1 Å². The zero-order valence-corrected chi connectivity index (χ0v) is 24.8. The third-order valence-corrected chi connectivity index (χ3v) is 7.24. The van der Waals surface area contributed by atoms with Crippen LogP contribution in [0.25, 0.3) is 6.08 Å². The van der Waals surface area contributed by atoms with Crippen molar-refractivity contribution in [2.24, 2.45) is 0 Å². The molecule has 2 amide bonds. The van der Waals surface area contributed by atoms with Gasteiger partial charge in [0.25, 0.3) is 0 Å². The number of rotatable bonds is 12. The Balaban J connectivity index is 1.43. The summed E-state index contributed by atoms with van der Waals surface area (Å²) in [6.45, 7) is -2.03. The number of esters is 2. The molecule has 1 fully saturated rings. The Hall–Kier alpha value is -4.53. The third kappa shape index (κ3) is 9.49. The number of hydrogen-bond acceptors (Lipinski definition) is 9. The number of amides is 2. The predicted octanol–water partition coefficient (Wildman–Crippen LogP) is 2.58. The molecule has 1 heterocycles. The molecular formula is C32H33F3N2O9. The van der Waals surface area contributed by atoms with E-state index in [0.29, 0.717) is 5.56 Å². The summed E-state index contributed by atoms with van der Waals surface area (Å²) < 4.78 is 57.7. The van der Waals surface area contributed by atoms with E-state index in [4.69, 9.17) is 14.2 Å². The van der Waals surface area contributed by atoms with Gasteiger partial charge in [-0.25, -0.2) is 9.59 Å². The molecule has 246 valence electrons. The van der Waals surface area contributed by atoms with Crippen LogP contribution < -0.4 is 5.32 Å². The highest BCUT2D eigenvalue weighted by Crippen LogP contribution is 2.32. The van der Waals surface area contributed by atoms with Crippen LogP contribution in [0.3, 0.4) is 0 Å². The van der Waals surface area contributed by atoms with Crippen molar-refractivity contribution in [3.05, 3.63) is 89.0 Å². The van der Waals surface area contributed by atoms with E-state index in [9.17, 15) is 37.5 Å². The molecule has 4 atom stereocenters. The molecule has 46 heavy (non-hydrogen) atoms. The summed E-state index contributed by atoms with van der Waals surface area (Å²) in [5.41, 5.74) is 1.64. The standard InChI is InChI=1S/C32H33F3N2O9/c1-37(24(29(40)36-13-14-38)15-21-5-3-2-4-6-21)30(41)23-16-25-28(45-19-44-25)26(17-23)46-31(42)22-10-7-20(8-11-22)9-12-27(39)43-18-32(33,34)35/h2-12,16,24-26,28,38H,13-15,17-19H2,1H3,(H,36,40)/t24-,25-,26-,28-/m1/s1. The quantitative estimate of drug-likeness (QED) is 0.263. The fraction of sp³-hybridized carbons (Fsp3) is 0.375.